The number of ketones is 1. The van der Waals surface area contributed by atoms with E-state index in [-0.39, 0.29) is 12.4 Å². The predicted octanol–water partition coefficient (Wildman–Crippen LogP) is 3.19. The number of aliphatic hydroxyl groups excluding tert-OH is 1. The molecule has 0 saturated carbocycles. The van der Waals surface area contributed by atoms with Crippen LogP contribution in [0.1, 0.15) is 17.3 Å². The molecular formula is C20H20N2O3. The van der Waals surface area contributed by atoms with E-state index >= 15 is 0 Å². The molecule has 128 valence electrons. The van der Waals surface area contributed by atoms with Crippen molar-refractivity contribution < 1.29 is 14.6 Å². The lowest BCUT2D eigenvalue weighted by Crippen LogP contribution is -2.23. The van der Waals surface area contributed by atoms with Crippen molar-refractivity contribution in [3.63, 3.8) is 0 Å². The lowest BCUT2D eigenvalue weighted by Gasteiger charge is -2.15. The van der Waals surface area contributed by atoms with Gasteiger partial charge in [-0.2, -0.15) is 0 Å². The second-order valence-electron chi connectivity index (χ2n) is 5.82. The molecule has 0 spiro atoms. The van der Waals surface area contributed by atoms with Crippen LogP contribution in [0.4, 0.5) is 0 Å². The van der Waals surface area contributed by atoms with Gasteiger partial charge in [-0.05, 0) is 19.1 Å². The van der Waals surface area contributed by atoms with Crippen LogP contribution in [-0.4, -0.2) is 33.2 Å². The number of aliphatic hydroxyl groups is 1. The van der Waals surface area contributed by atoms with E-state index in [2.05, 4.69) is 4.98 Å². The molecule has 3 rings (SSSR count). The minimum Gasteiger partial charge on any atom is -0.491 e. The van der Waals surface area contributed by atoms with Crippen LogP contribution in [-0.2, 0) is 6.54 Å². The number of Topliss-reactive ketones (excluding diaryl/α,β-unsaturated/α-hetero) is 1. The standard InChI is InChI=1S/C20H20N2O3/c1-15(23)17-8-5-9-19(12-17)25-14-18(24)13-22-11-10-21-20(22)16-6-3-2-4-7-16/h2-12,18,24H,13-14H2,1H3/t18-/m1/s1. The zero-order valence-electron chi connectivity index (χ0n) is 14.0. The molecule has 0 amide bonds. The summed E-state index contributed by atoms with van der Waals surface area (Å²) < 4.78 is 7.52. The smallest absolute Gasteiger partial charge is 0.159 e. The van der Waals surface area contributed by atoms with Crippen LogP contribution in [0.5, 0.6) is 5.75 Å². The third-order valence-electron chi connectivity index (χ3n) is 3.84. The minimum absolute atomic E-state index is 0.0167. The van der Waals surface area contributed by atoms with Gasteiger partial charge in [-0.1, -0.05) is 42.5 Å². The molecule has 5 nitrogen and oxygen atoms in total. The SMILES string of the molecule is CC(=O)c1cccc(OC[C@H](O)Cn2ccnc2-c2ccccc2)c1. The van der Waals surface area contributed by atoms with Crippen LogP contribution in [0, 0.1) is 0 Å². The van der Waals surface area contributed by atoms with Gasteiger partial charge in [0.15, 0.2) is 5.78 Å². The van der Waals surface area contributed by atoms with Crippen molar-refractivity contribution in [1.29, 1.82) is 0 Å². The Morgan fingerprint density at radius 2 is 2.00 bits per heavy atom. The van der Waals surface area contributed by atoms with Crippen molar-refractivity contribution in [3.8, 4) is 17.1 Å². The van der Waals surface area contributed by atoms with Gasteiger partial charge < -0.3 is 14.4 Å². The summed E-state index contributed by atoms with van der Waals surface area (Å²) in [6.45, 7) is 2.02. The van der Waals surface area contributed by atoms with Gasteiger partial charge in [0.25, 0.3) is 0 Å². The van der Waals surface area contributed by atoms with Crippen LogP contribution in [0.15, 0.2) is 67.0 Å². The number of hydrogen-bond acceptors (Lipinski definition) is 4. The van der Waals surface area contributed by atoms with Crippen LogP contribution >= 0.6 is 0 Å². The van der Waals surface area contributed by atoms with E-state index in [1.54, 1.807) is 30.5 Å². The molecule has 0 unspecified atom stereocenters. The van der Waals surface area contributed by atoms with Crippen molar-refractivity contribution in [3.05, 3.63) is 72.6 Å². The molecule has 3 aromatic rings. The van der Waals surface area contributed by atoms with Gasteiger partial charge in [0.05, 0.1) is 6.54 Å². The first kappa shape index (κ1) is 16.9. The first-order valence-corrected chi connectivity index (χ1v) is 8.12. The van der Waals surface area contributed by atoms with Crippen LogP contribution in [0.3, 0.4) is 0 Å². The van der Waals surface area contributed by atoms with Crippen LogP contribution in [0.25, 0.3) is 11.4 Å². The highest BCUT2D eigenvalue weighted by molar-refractivity contribution is 5.94. The van der Waals surface area contributed by atoms with Gasteiger partial charge >= 0.3 is 0 Å². The van der Waals surface area contributed by atoms with Gasteiger partial charge in [0.2, 0.25) is 0 Å². The normalized spacial score (nSPS) is 11.9. The Labute approximate surface area is 146 Å². The first-order valence-electron chi connectivity index (χ1n) is 8.12. The highest BCUT2D eigenvalue weighted by atomic mass is 16.5. The largest absolute Gasteiger partial charge is 0.491 e. The zero-order chi connectivity index (χ0) is 17.6. The lowest BCUT2D eigenvalue weighted by molar-refractivity contribution is 0.0927. The molecule has 5 heteroatoms. The van der Waals surface area contributed by atoms with E-state index < -0.39 is 6.10 Å². The first-order chi connectivity index (χ1) is 12.1. The van der Waals surface area contributed by atoms with E-state index in [1.807, 2.05) is 41.1 Å². The molecule has 0 saturated heterocycles. The molecule has 1 aromatic heterocycles. The number of benzene rings is 2. The quantitative estimate of drug-likeness (QED) is 0.673. The number of rotatable bonds is 7. The molecule has 1 atom stereocenters. The van der Waals surface area contributed by atoms with Gasteiger partial charge in [-0.15, -0.1) is 0 Å². The number of aromatic nitrogens is 2. The number of imidazole rings is 1. The molecule has 2 aromatic carbocycles. The molecule has 1 N–H and O–H groups in total. The summed E-state index contributed by atoms with van der Waals surface area (Å²) in [6, 6.07) is 16.8. The summed E-state index contributed by atoms with van der Waals surface area (Å²) in [4.78, 5) is 15.8. The third kappa shape index (κ3) is 4.33. The van der Waals surface area contributed by atoms with E-state index in [1.165, 1.54) is 6.92 Å². The molecule has 0 radical (unpaired) electrons. The molecule has 0 aliphatic rings. The van der Waals surface area contributed by atoms with Crippen LogP contribution < -0.4 is 4.74 Å². The summed E-state index contributed by atoms with van der Waals surface area (Å²) in [7, 11) is 0. The molecule has 0 bridgehead atoms. The van der Waals surface area contributed by atoms with Crippen molar-refractivity contribution in [2.24, 2.45) is 0 Å². The van der Waals surface area contributed by atoms with Gasteiger partial charge in [0, 0.05) is 23.5 Å². The van der Waals surface area contributed by atoms with Gasteiger partial charge in [-0.3, -0.25) is 4.79 Å². The lowest BCUT2D eigenvalue weighted by atomic mass is 10.1. The minimum atomic E-state index is -0.697. The van der Waals surface area contributed by atoms with Gasteiger partial charge in [0.1, 0.15) is 24.3 Å². The Balaban J connectivity index is 1.62. The molecular weight excluding hydrogens is 316 g/mol. The molecule has 0 aliphatic carbocycles. The summed E-state index contributed by atoms with van der Waals surface area (Å²) in [5, 5.41) is 10.3. The number of nitrogens with zero attached hydrogens (tertiary/aromatic N) is 2. The third-order valence-corrected chi connectivity index (χ3v) is 3.84. The van der Waals surface area contributed by atoms with Crippen LogP contribution in [0.2, 0.25) is 0 Å². The van der Waals surface area contributed by atoms with Gasteiger partial charge in [-0.25, -0.2) is 4.98 Å². The van der Waals surface area contributed by atoms with E-state index in [4.69, 9.17) is 4.74 Å². The summed E-state index contributed by atoms with van der Waals surface area (Å²) >= 11 is 0. The Hall–Kier alpha value is -2.92. The van der Waals surface area contributed by atoms with Crippen molar-refractivity contribution in [2.45, 2.75) is 19.6 Å². The molecule has 1 heterocycles. The molecule has 25 heavy (non-hydrogen) atoms. The fraction of sp³-hybridized carbons (Fsp3) is 0.200. The van der Waals surface area contributed by atoms with E-state index in [0.717, 1.165) is 11.4 Å². The Bertz CT molecular complexity index is 843. The van der Waals surface area contributed by atoms with Crippen molar-refractivity contribution >= 4 is 5.78 Å². The highest BCUT2D eigenvalue weighted by Crippen LogP contribution is 2.18. The van der Waals surface area contributed by atoms with E-state index in [9.17, 15) is 9.90 Å². The number of carbonyl (C=O) groups excluding carboxylic acids is 1. The molecule has 0 aliphatic heterocycles. The Kier molecular flexibility index (Phi) is 5.26. The summed E-state index contributed by atoms with van der Waals surface area (Å²) in [5.74, 6) is 1.36. The number of carbonyl (C=O) groups is 1. The zero-order valence-corrected chi connectivity index (χ0v) is 14.0. The maximum atomic E-state index is 11.4. The second kappa shape index (κ2) is 7.77. The van der Waals surface area contributed by atoms with Crippen molar-refractivity contribution in [2.75, 3.05) is 6.61 Å². The topological polar surface area (TPSA) is 64.3 Å². The second-order valence-corrected chi connectivity index (χ2v) is 5.82. The monoisotopic (exact) mass is 336 g/mol. The fourth-order valence-corrected chi connectivity index (χ4v) is 2.58. The maximum Gasteiger partial charge on any atom is 0.159 e. The maximum absolute atomic E-state index is 11.4. The van der Waals surface area contributed by atoms with E-state index in [0.29, 0.717) is 17.9 Å². The predicted molar refractivity (Wildman–Crippen MR) is 95.6 cm³/mol. The van der Waals surface area contributed by atoms with Crippen molar-refractivity contribution in [1.82, 2.24) is 9.55 Å². The molecule has 0 fully saturated rings. The Morgan fingerprint density at radius 3 is 2.76 bits per heavy atom. The summed E-state index contributed by atoms with van der Waals surface area (Å²) in [5.41, 5.74) is 1.59. The Morgan fingerprint density at radius 1 is 1.20 bits per heavy atom. The summed E-state index contributed by atoms with van der Waals surface area (Å²) in [6.07, 6.45) is 2.85. The average molecular weight is 336 g/mol. The highest BCUT2D eigenvalue weighted by Gasteiger charge is 2.11. The fourth-order valence-electron chi connectivity index (χ4n) is 2.58. The number of hydrogen-bond donors (Lipinski definition) is 1. The number of ether oxygens (including phenoxy) is 1. The average Bonchev–Trinajstić information content (AvgIpc) is 3.09.